The van der Waals surface area contributed by atoms with Crippen molar-refractivity contribution in [2.24, 2.45) is 0 Å². The van der Waals surface area contributed by atoms with Crippen LogP contribution in [0.25, 0.3) is 0 Å². The Morgan fingerprint density at radius 1 is 1.00 bits per heavy atom. The second kappa shape index (κ2) is 6.01. The molecule has 1 aromatic carbocycles. The van der Waals surface area contributed by atoms with Gasteiger partial charge in [-0.05, 0) is 30.7 Å². The minimum Gasteiger partial charge on any atom is -0.316 e. The highest BCUT2D eigenvalue weighted by molar-refractivity contribution is 5.89. The third-order valence-electron chi connectivity index (χ3n) is 2.93. The smallest absolute Gasteiger partial charge is 0.316 e. The van der Waals surface area contributed by atoms with Crippen molar-refractivity contribution in [1.82, 2.24) is 5.32 Å². The first kappa shape index (κ1) is 18.1. The van der Waals surface area contributed by atoms with E-state index in [0.717, 1.165) is 29.6 Å². The quantitative estimate of drug-likeness (QED) is 0.800. The molecule has 1 rings (SSSR count). The van der Waals surface area contributed by atoms with Gasteiger partial charge in [0.05, 0.1) is 0 Å². The zero-order valence-corrected chi connectivity index (χ0v) is 11.1. The Balaban J connectivity index is 3.00. The molecular formula is C12H11F7N2O. The number of halogens is 7. The first-order valence-electron chi connectivity index (χ1n) is 5.91. The topological polar surface area (TPSA) is 41.1 Å². The normalized spacial score (nSPS) is 12.9. The van der Waals surface area contributed by atoms with Crippen LogP contribution in [0.2, 0.25) is 0 Å². The van der Waals surface area contributed by atoms with Gasteiger partial charge in [0, 0.05) is 5.69 Å². The van der Waals surface area contributed by atoms with E-state index in [-0.39, 0.29) is 5.69 Å². The summed E-state index contributed by atoms with van der Waals surface area (Å²) in [6.45, 7) is 0.652. The standard InChI is InChI=1S/C12H11F7N2O/c1-2-10(11(14,15)16,12(17,18)19)21-9(22)20-8-5-3-7(13)4-6-8/h3-6H,2H2,1H3,(H2,20,21,22). The third kappa shape index (κ3) is 3.60. The van der Waals surface area contributed by atoms with Crippen LogP contribution in [-0.4, -0.2) is 23.9 Å². The Kier molecular flexibility index (Phi) is 4.93. The molecule has 2 amide bonds. The van der Waals surface area contributed by atoms with E-state index in [4.69, 9.17) is 0 Å². The number of urea groups is 1. The van der Waals surface area contributed by atoms with Crippen molar-refractivity contribution in [2.75, 3.05) is 5.32 Å². The lowest BCUT2D eigenvalue weighted by molar-refractivity contribution is -0.304. The number of rotatable bonds is 3. The van der Waals surface area contributed by atoms with E-state index in [1.54, 1.807) is 5.32 Å². The van der Waals surface area contributed by atoms with Crippen LogP contribution in [-0.2, 0) is 0 Å². The molecule has 124 valence electrons. The summed E-state index contributed by atoms with van der Waals surface area (Å²) in [6.07, 6.45) is -12.9. The number of hydrogen-bond acceptors (Lipinski definition) is 1. The van der Waals surface area contributed by atoms with Crippen LogP contribution >= 0.6 is 0 Å². The summed E-state index contributed by atoms with van der Waals surface area (Å²) in [4.78, 5) is 11.4. The molecule has 10 heteroatoms. The van der Waals surface area contributed by atoms with E-state index in [1.165, 1.54) is 0 Å². The van der Waals surface area contributed by atoms with Crippen molar-refractivity contribution in [1.29, 1.82) is 0 Å². The summed E-state index contributed by atoms with van der Waals surface area (Å²) in [6, 6.07) is 2.04. The van der Waals surface area contributed by atoms with E-state index < -0.39 is 36.2 Å². The van der Waals surface area contributed by atoms with E-state index in [9.17, 15) is 35.5 Å². The fourth-order valence-corrected chi connectivity index (χ4v) is 1.68. The summed E-state index contributed by atoms with van der Waals surface area (Å²) in [5.74, 6) is -0.681. The average Bonchev–Trinajstić information content (AvgIpc) is 2.35. The molecule has 0 bridgehead atoms. The Labute approximate surface area is 120 Å². The zero-order valence-electron chi connectivity index (χ0n) is 11.1. The molecule has 0 aliphatic carbocycles. The Hall–Kier alpha value is -2.00. The monoisotopic (exact) mass is 332 g/mol. The average molecular weight is 332 g/mol. The molecule has 0 saturated heterocycles. The lowest BCUT2D eigenvalue weighted by atomic mass is 9.94. The Bertz CT molecular complexity index is 508. The van der Waals surface area contributed by atoms with Crippen molar-refractivity contribution in [3.63, 3.8) is 0 Å². The minimum atomic E-state index is -5.74. The number of hydrogen-bond donors (Lipinski definition) is 2. The van der Waals surface area contributed by atoms with Gasteiger partial charge in [-0.25, -0.2) is 9.18 Å². The molecule has 22 heavy (non-hydrogen) atoms. The van der Waals surface area contributed by atoms with Gasteiger partial charge in [-0.1, -0.05) is 6.92 Å². The Morgan fingerprint density at radius 2 is 1.45 bits per heavy atom. The molecule has 0 aliphatic heterocycles. The van der Waals surface area contributed by atoms with Crippen LogP contribution < -0.4 is 10.6 Å². The van der Waals surface area contributed by atoms with Crippen molar-refractivity contribution in [2.45, 2.75) is 31.2 Å². The van der Waals surface area contributed by atoms with Crippen LogP contribution in [0.15, 0.2) is 24.3 Å². The lowest BCUT2D eigenvalue weighted by Crippen LogP contribution is -2.67. The molecule has 0 radical (unpaired) electrons. The van der Waals surface area contributed by atoms with E-state index in [2.05, 4.69) is 0 Å². The van der Waals surface area contributed by atoms with Gasteiger partial charge in [-0.2, -0.15) is 26.3 Å². The molecule has 0 heterocycles. The summed E-state index contributed by atoms with van der Waals surface area (Å²) >= 11 is 0. The highest BCUT2D eigenvalue weighted by atomic mass is 19.4. The van der Waals surface area contributed by atoms with Crippen LogP contribution in [0.5, 0.6) is 0 Å². The number of nitrogens with one attached hydrogen (secondary N) is 2. The van der Waals surface area contributed by atoms with Gasteiger partial charge >= 0.3 is 18.4 Å². The maximum absolute atomic E-state index is 12.8. The van der Waals surface area contributed by atoms with Crippen molar-refractivity contribution in [3.8, 4) is 0 Å². The largest absolute Gasteiger partial charge is 0.420 e. The van der Waals surface area contributed by atoms with E-state index in [1.807, 2.05) is 0 Å². The lowest BCUT2D eigenvalue weighted by Gasteiger charge is -2.37. The number of anilines is 1. The maximum Gasteiger partial charge on any atom is 0.420 e. The summed E-state index contributed by atoms with van der Waals surface area (Å²) in [5, 5.41) is 2.72. The van der Waals surface area contributed by atoms with Crippen molar-refractivity contribution < 1.29 is 35.5 Å². The second-order valence-corrected chi connectivity index (χ2v) is 4.34. The van der Waals surface area contributed by atoms with Gasteiger partial charge in [0.1, 0.15) is 5.82 Å². The van der Waals surface area contributed by atoms with E-state index >= 15 is 0 Å². The van der Waals surface area contributed by atoms with Gasteiger partial charge in [-0.15, -0.1) is 0 Å². The summed E-state index contributed by atoms with van der Waals surface area (Å²) in [7, 11) is 0. The van der Waals surface area contributed by atoms with Gasteiger partial charge in [-0.3, -0.25) is 0 Å². The first-order valence-corrected chi connectivity index (χ1v) is 5.91. The van der Waals surface area contributed by atoms with Crippen LogP contribution in [0, 0.1) is 5.82 Å². The van der Waals surface area contributed by atoms with Gasteiger partial charge in [0.25, 0.3) is 0 Å². The summed E-state index contributed by atoms with van der Waals surface area (Å²) in [5.41, 5.74) is -4.53. The number of amides is 2. The minimum absolute atomic E-state index is 0.159. The van der Waals surface area contributed by atoms with Crippen LogP contribution in [0.1, 0.15) is 13.3 Å². The number of carbonyl (C=O) groups excluding carboxylic acids is 1. The molecule has 0 aromatic heterocycles. The fraction of sp³-hybridized carbons (Fsp3) is 0.417. The Morgan fingerprint density at radius 3 is 1.82 bits per heavy atom. The fourth-order valence-electron chi connectivity index (χ4n) is 1.68. The van der Waals surface area contributed by atoms with Crippen LogP contribution in [0.4, 0.5) is 41.2 Å². The SMILES string of the molecule is CCC(NC(=O)Nc1ccc(F)cc1)(C(F)(F)F)C(F)(F)F. The zero-order chi connectivity index (χ0) is 17.2. The molecule has 0 fully saturated rings. The van der Waals surface area contributed by atoms with Crippen LogP contribution in [0.3, 0.4) is 0 Å². The van der Waals surface area contributed by atoms with Crippen molar-refractivity contribution in [3.05, 3.63) is 30.1 Å². The maximum atomic E-state index is 12.8. The number of benzene rings is 1. The highest BCUT2D eigenvalue weighted by Crippen LogP contribution is 2.45. The molecular weight excluding hydrogens is 321 g/mol. The third-order valence-corrected chi connectivity index (χ3v) is 2.93. The number of carbonyl (C=O) groups is 1. The predicted octanol–water partition coefficient (Wildman–Crippen LogP) is 4.22. The molecule has 0 atom stereocenters. The molecule has 0 aliphatic rings. The summed E-state index contributed by atoms with van der Waals surface area (Å²) < 4.78 is 89.5. The van der Waals surface area contributed by atoms with Crippen molar-refractivity contribution >= 4 is 11.7 Å². The molecule has 0 saturated carbocycles. The highest BCUT2D eigenvalue weighted by Gasteiger charge is 2.70. The van der Waals surface area contributed by atoms with Gasteiger partial charge < -0.3 is 10.6 Å². The molecule has 3 nitrogen and oxygen atoms in total. The number of alkyl halides is 6. The molecule has 2 N–H and O–H groups in total. The van der Waals surface area contributed by atoms with Gasteiger partial charge in [0.2, 0.25) is 5.54 Å². The second-order valence-electron chi connectivity index (χ2n) is 4.34. The molecule has 0 spiro atoms. The molecule has 1 aromatic rings. The van der Waals surface area contributed by atoms with E-state index in [0.29, 0.717) is 6.92 Å². The predicted molar refractivity (Wildman–Crippen MR) is 63.7 cm³/mol. The molecule has 0 unspecified atom stereocenters. The first-order chi connectivity index (χ1) is 9.93. The van der Waals surface area contributed by atoms with Gasteiger partial charge in [0.15, 0.2) is 0 Å².